The van der Waals surface area contributed by atoms with Crippen LogP contribution < -0.4 is 0 Å². The summed E-state index contributed by atoms with van der Waals surface area (Å²) < 4.78 is 9.50. The molecule has 1 saturated heterocycles. The molecule has 1 fully saturated rings. The molecule has 12 heavy (non-hydrogen) atoms. The molecule has 5 nitrogen and oxygen atoms in total. The zero-order valence-corrected chi connectivity index (χ0v) is 6.14. The largest absolute Gasteiger partial charge is 0.452 e. The molecular formula is C7H8O5. The number of aliphatic hydroxyl groups is 2. The number of hydrogen-bond acceptors (Lipinski definition) is 5. The average Bonchev–Trinajstić information content (AvgIpc) is 2.39. The maximum atomic E-state index is 10.7. The summed E-state index contributed by atoms with van der Waals surface area (Å²) in [6, 6.07) is 0. The predicted octanol–water partition coefficient (Wildman–Crippen LogP) is -1.45. The molecule has 0 aromatic rings. The monoisotopic (exact) mass is 172 g/mol. The number of rotatable bonds is 0. The maximum Gasteiger partial charge on any atom is 0.331 e. The summed E-state index contributed by atoms with van der Waals surface area (Å²) in [5, 5.41) is 18.3. The highest BCUT2D eigenvalue weighted by Crippen LogP contribution is 2.26. The number of hydrogen-bond donors (Lipinski definition) is 2. The first-order chi connectivity index (χ1) is 5.68. The van der Waals surface area contributed by atoms with Gasteiger partial charge in [0.1, 0.15) is 12.2 Å². The first-order valence-electron chi connectivity index (χ1n) is 3.58. The molecule has 0 aromatic heterocycles. The van der Waals surface area contributed by atoms with Crippen molar-refractivity contribution in [1.29, 1.82) is 0 Å². The van der Waals surface area contributed by atoms with E-state index in [1.807, 2.05) is 0 Å². The highest BCUT2D eigenvalue weighted by atomic mass is 16.6. The fraction of sp³-hybridized carbons (Fsp3) is 0.571. The van der Waals surface area contributed by atoms with E-state index < -0.39 is 24.5 Å². The second kappa shape index (κ2) is 2.55. The van der Waals surface area contributed by atoms with E-state index in [-0.39, 0.29) is 6.61 Å². The van der Waals surface area contributed by atoms with Crippen molar-refractivity contribution in [3.63, 3.8) is 0 Å². The standard InChI is InChI=1S/C7H8O5/c8-5-1-3-4(12-5)2-11-7(10)6(3)9/h1,4,6-7,9-10H,2H2/t4-,6-,7?/m1/s1. The van der Waals surface area contributed by atoms with E-state index in [0.717, 1.165) is 0 Å². The lowest BCUT2D eigenvalue weighted by atomic mass is 10.0. The van der Waals surface area contributed by atoms with E-state index in [9.17, 15) is 9.90 Å². The predicted molar refractivity (Wildman–Crippen MR) is 35.9 cm³/mol. The molecule has 1 unspecified atom stereocenters. The molecule has 2 N–H and O–H groups in total. The first kappa shape index (κ1) is 7.72. The molecular weight excluding hydrogens is 164 g/mol. The number of esters is 1. The van der Waals surface area contributed by atoms with Crippen LogP contribution in [0.15, 0.2) is 11.6 Å². The number of ether oxygens (including phenoxy) is 2. The second-order valence-corrected chi connectivity index (χ2v) is 2.74. The van der Waals surface area contributed by atoms with Crippen LogP contribution in [0.25, 0.3) is 0 Å². The van der Waals surface area contributed by atoms with Crippen molar-refractivity contribution in [3.05, 3.63) is 11.6 Å². The van der Waals surface area contributed by atoms with Crippen LogP contribution in [0.4, 0.5) is 0 Å². The van der Waals surface area contributed by atoms with E-state index in [2.05, 4.69) is 0 Å². The molecule has 0 spiro atoms. The fourth-order valence-electron chi connectivity index (χ4n) is 1.32. The fourth-order valence-corrected chi connectivity index (χ4v) is 1.32. The zero-order chi connectivity index (χ0) is 8.72. The molecule has 0 aliphatic carbocycles. The van der Waals surface area contributed by atoms with Gasteiger partial charge in [-0.15, -0.1) is 0 Å². The lowest BCUT2D eigenvalue weighted by Crippen LogP contribution is -2.42. The molecule has 5 heteroatoms. The third-order valence-electron chi connectivity index (χ3n) is 1.94. The summed E-state index contributed by atoms with van der Waals surface area (Å²) in [5.74, 6) is -0.494. The Morgan fingerprint density at radius 1 is 1.50 bits per heavy atom. The second-order valence-electron chi connectivity index (χ2n) is 2.74. The molecule has 0 bridgehead atoms. The van der Waals surface area contributed by atoms with Crippen molar-refractivity contribution in [3.8, 4) is 0 Å². The van der Waals surface area contributed by atoms with Crippen molar-refractivity contribution in [2.75, 3.05) is 6.61 Å². The molecule has 0 saturated carbocycles. The molecule has 0 radical (unpaired) electrons. The molecule has 66 valence electrons. The minimum absolute atomic E-state index is 0.107. The summed E-state index contributed by atoms with van der Waals surface area (Å²) in [7, 11) is 0. The Hall–Kier alpha value is -0.910. The molecule has 2 heterocycles. The third-order valence-corrected chi connectivity index (χ3v) is 1.94. The Kier molecular flexibility index (Phi) is 1.64. The minimum atomic E-state index is -1.25. The summed E-state index contributed by atoms with van der Waals surface area (Å²) in [4.78, 5) is 10.7. The van der Waals surface area contributed by atoms with Gasteiger partial charge in [0.05, 0.1) is 6.61 Å². The average molecular weight is 172 g/mol. The maximum absolute atomic E-state index is 10.7. The summed E-state index contributed by atoms with van der Waals surface area (Å²) in [6.07, 6.45) is -1.71. The molecule has 2 aliphatic heterocycles. The van der Waals surface area contributed by atoms with Gasteiger partial charge in [-0.2, -0.15) is 0 Å². The Morgan fingerprint density at radius 3 is 3.00 bits per heavy atom. The Morgan fingerprint density at radius 2 is 2.25 bits per heavy atom. The van der Waals surface area contributed by atoms with Crippen LogP contribution in [-0.4, -0.2) is 41.3 Å². The van der Waals surface area contributed by atoms with Gasteiger partial charge >= 0.3 is 5.97 Å². The number of aliphatic hydroxyl groups excluding tert-OH is 2. The van der Waals surface area contributed by atoms with Crippen LogP contribution >= 0.6 is 0 Å². The van der Waals surface area contributed by atoms with Crippen molar-refractivity contribution in [2.45, 2.75) is 18.5 Å². The van der Waals surface area contributed by atoms with Crippen molar-refractivity contribution >= 4 is 5.97 Å². The summed E-state index contributed by atoms with van der Waals surface area (Å²) >= 11 is 0. The lowest BCUT2D eigenvalue weighted by molar-refractivity contribution is -0.190. The topological polar surface area (TPSA) is 76.0 Å². The van der Waals surface area contributed by atoms with Crippen molar-refractivity contribution in [1.82, 2.24) is 0 Å². The van der Waals surface area contributed by atoms with Gasteiger partial charge in [-0.05, 0) is 0 Å². The van der Waals surface area contributed by atoms with Crippen LogP contribution in [0.1, 0.15) is 0 Å². The van der Waals surface area contributed by atoms with Crippen molar-refractivity contribution < 1.29 is 24.5 Å². The molecule has 2 rings (SSSR count). The van der Waals surface area contributed by atoms with Crippen molar-refractivity contribution in [2.24, 2.45) is 0 Å². The molecule has 0 aromatic carbocycles. The SMILES string of the molecule is O=C1C=C2[C@@H](O)C(O)OC[C@H]2O1. The van der Waals surface area contributed by atoms with Gasteiger partial charge in [-0.25, -0.2) is 4.79 Å². The van der Waals surface area contributed by atoms with E-state index in [1.165, 1.54) is 6.08 Å². The smallest absolute Gasteiger partial charge is 0.331 e. The van der Waals surface area contributed by atoms with Crippen LogP contribution in [-0.2, 0) is 14.3 Å². The van der Waals surface area contributed by atoms with E-state index >= 15 is 0 Å². The highest BCUT2D eigenvalue weighted by Gasteiger charge is 2.39. The van der Waals surface area contributed by atoms with Gasteiger partial charge in [0, 0.05) is 11.6 Å². The third kappa shape index (κ3) is 1.03. The van der Waals surface area contributed by atoms with Gasteiger partial charge in [0.15, 0.2) is 6.29 Å². The lowest BCUT2D eigenvalue weighted by Gasteiger charge is -2.28. The Balaban J connectivity index is 2.23. The van der Waals surface area contributed by atoms with Gasteiger partial charge in [-0.1, -0.05) is 0 Å². The normalized spacial score (nSPS) is 40.3. The van der Waals surface area contributed by atoms with Gasteiger partial charge < -0.3 is 19.7 Å². The Bertz CT molecular complexity index is 246. The summed E-state index contributed by atoms with van der Waals surface area (Å²) in [5.41, 5.74) is 0.402. The van der Waals surface area contributed by atoms with Crippen LogP contribution in [0, 0.1) is 0 Å². The minimum Gasteiger partial charge on any atom is -0.452 e. The number of carbonyl (C=O) groups is 1. The van der Waals surface area contributed by atoms with Gasteiger partial charge in [0.25, 0.3) is 0 Å². The molecule has 3 atom stereocenters. The number of carbonyl (C=O) groups excluding carboxylic acids is 1. The summed E-state index contributed by atoms with van der Waals surface area (Å²) in [6.45, 7) is 0.107. The van der Waals surface area contributed by atoms with Crippen LogP contribution in [0.5, 0.6) is 0 Å². The highest BCUT2D eigenvalue weighted by molar-refractivity contribution is 5.86. The zero-order valence-electron chi connectivity index (χ0n) is 6.14. The van der Waals surface area contributed by atoms with E-state index in [1.54, 1.807) is 0 Å². The Labute approximate surface area is 68.2 Å². The number of fused-ring (bicyclic) bond motifs is 1. The van der Waals surface area contributed by atoms with Crippen LogP contribution in [0.2, 0.25) is 0 Å². The van der Waals surface area contributed by atoms with Gasteiger partial charge in [-0.3, -0.25) is 0 Å². The van der Waals surface area contributed by atoms with E-state index in [0.29, 0.717) is 5.57 Å². The quantitative estimate of drug-likeness (QED) is 0.437. The molecule has 2 aliphatic rings. The van der Waals surface area contributed by atoms with Gasteiger partial charge in [0.2, 0.25) is 0 Å². The molecule has 0 amide bonds. The first-order valence-corrected chi connectivity index (χ1v) is 3.58. The van der Waals surface area contributed by atoms with Crippen LogP contribution in [0.3, 0.4) is 0 Å². The van der Waals surface area contributed by atoms with E-state index in [4.69, 9.17) is 14.6 Å².